The standard InChI is InChI=1S/C16H24N2O3/c1-20-13-5-7-14(8-6-13)21-10-9-18-16(19)11-12-3-2-4-15(12)17/h5-8,12,15H,2-4,9-11,17H2,1H3,(H,18,19)/t12-,15+/m0/s1. The molecule has 1 aliphatic rings. The highest BCUT2D eigenvalue weighted by Gasteiger charge is 2.25. The Morgan fingerprint density at radius 3 is 2.62 bits per heavy atom. The van der Waals surface area contributed by atoms with Gasteiger partial charge in [0.2, 0.25) is 5.91 Å². The summed E-state index contributed by atoms with van der Waals surface area (Å²) >= 11 is 0. The van der Waals surface area contributed by atoms with Crippen LogP contribution in [0.25, 0.3) is 0 Å². The summed E-state index contributed by atoms with van der Waals surface area (Å²) in [5.74, 6) is 1.97. The van der Waals surface area contributed by atoms with Gasteiger partial charge in [-0.1, -0.05) is 6.42 Å². The Kier molecular flexibility index (Phi) is 5.87. The molecule has 0 spiro atoms. The van der Waals surface area contributed by atoms with E-state index >= 15 is 0 Å². The highest BCUT2D eigenvalue weighted by molar-refractivity contribution is 5.76. The molecule has 21 heavy (non-hydrogen) atoms. The van der Waals surface area contributed by atoms with E-state index in [1.165, 1.54) is 0 Å². The van der Waals surface area contributed by atoms with Crippen LogP contribution in [-0.4, -0.2) is 32.2 Å². The van der Waals surface area contributed by atoms with Gasteiger partial charge in [-0.2, -0.15) is 0 Å². The van der Waals surface area contributed by atoms with Gasteiger partial charge in [0.05, 0.1) is 13.7 Å². The number of carbonyl (C=O) groups is 1. The minimum atomic E-state index is 0.0654. The lowest BCUT2D eigenvalue weighted by atomic mass is 10.00. The molecule has 1 aliphatic carbocycles. The molecule has 3 N–H and O–H groups in total. The van der Waals surface area contributed by atoms with E-state index in [0.717, 1.165) is 30.8 Å². The molecule has 0 heterocycles. The van der Waals surface area contributed by atoms with Crippen molar-refractivity contribution in [1.82, 2.24) is 5.32 Å². The van der Waals surface area contributed by atoms with E-state index in [9.17, 15) is 4.79 Å². The molecule has 0 unspecified atom stereocenters. The summed E-state index contributed by atoms with van der Waals surface area (Å²) in [6, 6.07) is 7.56. The maximum Gasteiger partial charge on any atom is 0.220 e. The number of carbonyl (C=O) groups excluding carboxylic acids is 1. The minimum Gasteiger partial charge on any atom is -0.497 e. The van der Waals surface area contributed by atoms with Crippen molar-refractivity contribution in [2.75, 3.05) is 20.3 Å². The average Bonchev–Trinajstić information content (AvgIpc) is 2.89. The van der Waals surface area contributed by atoms with Crippen LogP contribution in [0.1, 0.15) is 25.7 Å². The average molecular weight is 292 g/mol. The molecule has 2 rings (SSSR count). The topological polar surface area (TPSA) is 73.6 Å². The summed E-state index contributed by atoms with van der Waals surface area (Å²) in [7, 11) is 1.63. The van der Waals surface area contributed by atoms with Crippen molar-refractivity contribution in [3.05, 3.63) is 24.3 Å². The maximum absolute atomic E-state index is 11.8. The largest absolute Gasteiger partial charge is 0.497 e. The van der Waals surface area contributed by atoms with Gasteiger partial charge in [-0.15, -0.1) is 0 Å². The van der Waals surface area contributed by atoms with E-state index in [1.54, 1.807) is 7.11 Å². The zero-order valence-electron chi connectivity index (χ0n) is 12.5. The smallest absolute Gasteiger partial charge is 0.220 e. The van der Waals surface area contributed by atoms with Crippen LogP contribution in [0, 0.1) is 5.92 Å². The van der Waals surface area contributed by atoms with E-state index in [2.05, 4.69) is 5.32 Å². The first-order chi connectivity index (χ1) is 10.2. The summed E-state index contributed by atoms with van der Waals surface area (Å²) in [4.78, 5) is 11.8. The first-order valence-electron chi connectivity index (χ1n) is 7.48. The Morgan fingerprint density at radius 1 is 1.29 bits per heavy atom. The lowest BCUT2D eigenvalue weighted by molar-refractivity contribution is -0.122. The van der Waals surface area contributed by atoms with Crippen molar-refractivity contribution in [3.8, 4) is 11.5 Å². The second-order valence-corrected chi connectivity index (χ2v) is 5.43. The van der Waals surface area contributed by atoms with Crippen molar-refractivity contribution in [3.63, 3.8) is 0 Å². The number of hydrogen-bond acceptors (Lipinski definition) is 4. The van der Waals surface area contributed by atoms with E-state index in [4.69, 9.17) is 15.2 Å². The number of nitrogens with two attached hydrogens (primary N) is 1. The highest BCUT2D eigenvalue weighted by atomic mass is 16.5. The number of ether oxygens (including phenoxy) is 2. The first-order valence-corrected chi connectivity index (χ1v) is 7.48. The fourth-order valence-corrected chi connectivity index (χ4v) is 2.66. The summed E-state index contributed by atoms with van der Waals surface area (Å²) in [5, 5.41) is 2.88. The Hall–Kier alpha value is -1.75. The second-order valence-electron chi connectivity index (χ2n) is 5.43. The van der Waals surface area contributed by atoms with Crippen molar-refractivity contribution in [1.29, 1.82) is 0 Å². The molecule has 0 aromatic heterocycles. The third kappa shape index (κ3) is 4.93. The van der Waals surface area contributed by atoms with E-state index in [1.807, 2.05) is 24.3 Å². The summed E-state index contributed by atoms with van der Waals surface area (Å²) in [5.41, 5.74) is 5.97. The molecule has 1 fully saturated rings. The molecule has 116 valence electrons. The van der Waals surface area contributed by atoms with Crippen LogP contribution in [0.15, 0.2) is 24.3 Å². The van der Waals surface area contributed by atoms with Crippen molar-refractivity contribution >= 4 is 5.91 Å². The van der Waals surface area contributed by atoms with Crippen LogP contribution in [0.4, 0.5) is 0 Å². The number of benzene rings is 1. The molecule has 1 saturated carbocycles. The number of nitrogens with one attached hydrogen (secondary N) is 1. The van der Waals surface area contributed by atoms with Gasteiger partial charge in [0.25, 0.3) is 0 Å². The summed E-state index contributed by atoms with van der Waals surface area (Å²) in [6.07, 6.45) is 3.78. The number of amides is 1. The molecule has 5 heteroatoms. The van der Waals surface area contributed by atoms with Crippen molar-refractivity contribution in [2.24, 2.45) is 11.7 Å². The predicted octanol–water partition coefficient (Wildman–Crippen LogP) is 1.71. The van der Waals surface area contributed by atoms with Crippen LogP contribution >= 0.6 is 0 Å². The van der Waals surface area contributed by atoms with Gasteiger partial charge in [0.15, 0.2) is 0 Å². The number of methoxy groups -OCH3 is 1. The van der Waals surface area contributed by atoms with Gasteiger partial charge in [-0.05, 0) is 43.0 Å². The fraction of sp³-hybridized carbons (Fsp3) is 0.562. The molecule has 1 amide bonds. The number of rotatable bonds is 7. The molecular weight excluding hydrogens is 268 g/mol. The van der Waals surface area contributed by atoms with Crippen LogP contribution in [0.5, 0.6) is 11.5 Å². The first kappa shape index (κ1) is 15.6. The van der Waals surface area contributed by atoms with Crippen molar-refractivity contribution in [2.45, 2.75) is 31.7 Å². The molecule has 5 nitrogen and oxygen atoms in total. The Bertz CT molecular complexity index is 447. The van der Waals surface area contributed by atoms with E-state index < -0.39 is 0 Å². The summed E-state index contributed by atoms with van der Waals surface area (Å²) < 4.78 is 10.6. The molecule has 0 saturated heterocycles. The highest BCUT2D eigenvalue weighted by Crippen LogP contribution is 2.26. The van der Waals surface area contributed by atoms with E-state index in [0.29, 0.717) is 25.5 Å². The van der Waals surface area contributed by atoms with Crippen LogP contribution in [-0.2, 0) is 4.79 Å². The van der Waals surface area contributed by atoms with Gasteiger partial charge in [0.1, 0.15) is 18.1 Å². The molecular formula is C16H24N2O3. The Morgan fingerprint density at radius 2 is 2.00 bits per heavy atom. The molecule has 2 atom stereocenters. The quantitative estimate of drug-likeness (QED) is 0.750. The minimum absolute atomic E-state index is 0.0654. The van der Waals surface area contributed by atoms with Gasteiger partial charge in [-0.25, -0.2) is 0 Å². The Labute approximate surface area is 125 Å². The van der Waals surface area contributed by atoms with E-state index in [-0.39, 0.29) is 11.9 Å². The molecule has 0 aliphatic heterocycles. The van der Waals surface area contributed by atoms with Crippen LogP contribution in [0.3, 0.4) is 0 Å². The molecule has 1 aromatic rings. The van der Waals surface area contributed by atoms with Gasteiger partial charge >= 0.3 is 0 Å². The van der Waals surface area contributed by atoms with Crippen LogP contribution in [0.2, 0.25) is 0 Å². The molecule has 1 aromatic carbocycles. The predicted molar refractivity (Wildman–Crippen MR) is 81.4 cm³/mol. The van der Waals surface area contributed by atoms with Gasteiger partial charge in [-0.3, -0.25) is 4.79 Å². The zero-order valence-corrected chi connectivity index (χ0v) is 12.5. The fourth-order valence-electron chi connectivity index (χ4n) is 2.66. The normalized spacial score (nSPS) is 21.0. The molecule has 0 radical (unpaired) electrons. The zero-order chi connectivity index (χ0) is 15.1. The lowest BCUT2D eigenvalue weighted by Crippen LogP contribution is -2.33. The van der Waals surface area contributed by atoms with Crippen molar-refractivity contribution < 1.29 is 14.3 Å². The lowest BCUT2D eigenvalue weighted by Gasteiger charge is -2.14. The third-order valence-corrected chi connectivity index (χ3v) is 3.92. The van der Waals surface area contributed by atoms with Gasteiger partial charge in [0, 0.05) is 12.5 Å². The SMILES string of the molecule is COc1ccc(OCCNC(=O)C[C@@H]2CCC[C@H]2N)cc1. The van der Waals surface area contributed by atoms with Crippen LogP contribution < -0.4 is 20.5 Å². The summed E-state index contributed by atoms with van der Waals surface area (Å²) in [6.45, 7) is 0.960. The number of hydrogen-bond donors (Lipinski definition) is 2. The maximum atomic E-state index is 11.8. The molecule has 0 bridgehead atoms. The monoisotopic (exact) mass is 292 g/mol. The van der Waals surface area contributed by atoms with Gasteiger partial charge < -0.3 is 20.5 Å². The third-order valence-electron chi connectivity index (χ3n) is 3.92. The Balaban J connectivity index is 1.61. The second kappa shape index (κ2) is 7.88.